The van der Waals surface area contributed by atoms with E-state index in [0.717, 1.165) is 18.0 Å². The van der Waals surface area contributed by atoms with E-state index in [1.165, 1.54) is 28.2 Å². The molecule has 0 N–H and O–H groups in total. The van der Waals surface area contributed by atoms with Gasteiger partial charge in [-0.25, -0.2) is 8.42 Å². The van der Waals surface area contributed by atoms with Crippen LogP contribution in [-0.2, 0) is 10.0 Å². The van der Waals surface area contributed by atoms with Gasteiger partial charge in [0, 0.05) is 36.7 Å². The fourth-order valence-corrected chi connectivity index (χ4v) is 6.27. The Hall–Kier alpha value is -1.37. The van der Waals surface area contributed by atoms with Crippen molar-refractivity contribution in [2.45, 2.75) is 37.8 Å². The Bertz CT molecular complexity index is 848. The van der Waals surface area contributed by atoms with Gasteiger partial charge in [-0.3, -0.25) is 0 Å². The lowest BCUT2D eigenvalue weighted by atomic mass is 9.97. The molecular weight excluding hydrogens is 352 g/mol. The highest BCUT2D eigenvalue weighted by atomic mass is 32.2. The maximum Gasteiger partial charge on any atom is 0.252 e. The van der Waals surface area contributed by atoms with Crippen LogP contribution in [0.25, 0.3) is 0 Å². The van der Waals surface area contributed by atoms with Gasteiger partial charge in [-0.2, -0.15) is 4.31 Å². The van der Waals surface area contributed by atoms with E-state index in [2.05, 4.69) is 43.9 Å². The minimum absolute atomic E-state index is 0.450. The van der Waals surface area contributed by atoms with Crippen LogP contribution in [0.3, 0.4) is 0 Å². The van der Waals surface area contributed by atoms with Crippen molar-refractivity contribution in [2.75, 3.05) is 31.1 Å². The van der Waals surface area contributed by atoms with E-state index < -0.39 is 10.0 Å². The molecule has 0 amide bonds. The van der Waals surface area contributed by atoms with Crippen LogP contribution in [0.2, 0.25) is 0 Å². The van der Waals surface area contributed by atoms with Crippen molar-refractivity contribution >= 4 is 27.0 Å². The number of nitrogens with zero attached hydrogens (tertiary/aromatic N) is 2. The Morgan fingerprint density at radius 2 is 1.68 bits per heavy atom. The van der Waals surface area contributed by atoms with Gasteiger partial charge in [0.25, 0.3) is 10.0 Å². The number of hydrogen-bond donors (Lipinski definition) is 0. The molecule has 0 saturated carbocycles. The second kappa shape index (κ2) is 7.09. The average Bonchev–Trinajstić information content (AvgIpc) is 3.02. The quantitative estimate of drug-likeness (QED) is 0.807. The van der Waals surface area contributed by atoms with E-state index in [4.69, 9.17) is 0 Å². The maximum absolute atomic E-state index is 12.8. The second-order valence-corrected chi connectivity index (χ2v) is 10.4. The number of sulfonamides is 1. The molecule has 0 spiro atoms. The molecule has 136 valence electrons. The fraction of sp³-hybridized carbons (Fsp3) is 0.474. The largest absolute Gasteiger partial charge is 0.368 e. The highest BCUT2D eigenvalue weighted by Crippen LogP contribution is 2.32. The molecule has 1 aromatic heterocycles. The summed E-state index contributed by atoms with van der Waals surface area (Å²) >= 11 is 1.35. The summed E-state index contributed by atoms with van der Waals surface area (Å²) in [5.41, 5.74) is 3.88. The van der Waals surface area contributed by atoms with Crippen molar-refractivity contribution in [3.05, 3.63) is 46.3 Å². The molecule has 25 heavy (non-hydrogen) atoms. The topological polar surface area (TPSA) is 40.6 Å². The second-order valence-electron chi connectivity index (χ2n) is 6.92. The van der Waals surface area contributed by atoms with Crippen LogP contribution in [0.15, 0.2) is 34.5 Å². The predicted octanol–water partition coefficient (Wildman–Crippen LogP) is 4.00. The molecule has 6 heteroatoms. The van der Waals surface area contributed by atoms with E-state index >= 15 is 0 Å². The molecule has 1 aromatic carbocycles. The average molecular weight is 379 g/mol. The predicted molar refractivity (Wildman–Crippen MR) is 105 cm³/mol. The lowest BCUT2D eigenvalue weighted by Crippen LogP contribution is -2.49. The van der Waals surface area contributed by atoms with Crippen LogP contribution in [0.1, 0.15) is 35.8 Å². The Kier molecular flexibility index (Phi) is 5.23. The molecule has 1 aliphatic heterocycles. The first-order valence-electron chi connectivity index (χ1n) is 8.71. The number of thiophene rings is 1. The normalized spacial score (nSPS) is 16.6. The van der Waals surface area contributed by atoms with Crippen LogP contribution in [0.4, 0.5) is 5.69 Å². The SMILES string of the molecule is Cc1ccc(S(=O)(=O)N2CCN(c3c(C)cccc3C(C)C)CC2)s1. The fourth-order valence-electron chi connectivity index (χ4n) is 3.41. The van der Waals surface area contributed by atoms with Crippen LogP contribution in [-0.4, -0.2) is 38.9 Å². The first-order chi connectivity index (χ1) is 11.8. The van der Waals surface area contributed by atoms with Gasteiger partial charge in [0.05, 0.1) is 0 Å². The van der Waals surface area contributed by atoms with E-state index in [0.29, 0.717) is 23.2 Å². The molecule has 0 unspecified atom stereocenters. The number of hydrogen-bond acceptors (Lipinski definition) is 4. The van der Waals surface area contributed by atoms with Crippen molar-refractivity contribution in [2.24, 2.45) is 0 Å². The number of rotatable bonds is 4. The standard InChI is InChI=1S/C19H26N2O2S2/c1-14(2)17-7-5-6-15(3)19(17)20-10-12-21(13-11-20)25(22,23)18-9-8-16(4)24-18/h5-9,14H,10-13H2,1-4H3. The van der Waals surface area contributed by atoms with Gasteiger partial charge < -0.3 is 4.90 Å². The number of anilines is 1. The van der Waals surface area contributed by atoms with Crippen LogP contribution >= 0.6 is 11.3 Å². The van der Waals surface area contributed by atoms with E-state index in [9.17, 15) is 8.42 Å². The van der Waals surface area contributed by atoms with Gasteiger partial charge in [-0.1, -0.05) is 32.0 Å². The number of para-hydroxylation sites is 1. The highest BCUT2D eigenvalue weighted by molar-refractivity contribution is 7.91. The van der Waals surface area contributed by atoms with Crippen molar-refractivity contribution in [1.82, 2.24) is 4.31 Å². The molecule has 0 bridgehead atoms. The van der Waals surface area contributed by atoms with E-state index in [1.807, 2.05) is 13.0 Å². The molecule has 0 aliphatic carbocycles. The van der Waals surface area contributed by atoms with Crippen LogP contribution < -0.4 is 4.90 Å². The molecule has 0 radical (unpaired) electrons. The third-order valence-corrected chi connectivity index (χ3v) is 8.12. The molecule has 1 saturated heterocycles. The van der Waals surface area contributed by atoms with Crippen molar-refractivity contribution in [3.8, 4) is 0 Å². The zero-order valence-corrected chi connectivity index (χ0v) is 17.0. The van der Waals surface area contributed by atoms with Crippen molar-refractivity contribution in [1.29, 1.82) is 0 Å². The minimum Gasteiger partial charge on any atom is -0.368 e. The molecule has 1 aliphatic rings. The molecular formula is C19H26N2O2S2. The molecule has 0 atom stereocenters. The summed E-state index contributed by atoms with van der Waals surface area (Å²) in [6.45, 7) is 11.0. The maximum atomic E-state index is 12.8. The number of piperazine rings is 1. The third kappa shape index (κ3) is 3.61. The smallest absolute Gasteiger partial charge is 0.252 e. The Morgan fingerprint density at radius 1 is 1.00 bits per heavy atom. The Labute approximate surface area is 155 Å². The lowest BCUT2D eigenvalue weighted by Gasteiger charge is -2.37. The van der Waals surface area contributed by atoms with Gasteiger partial charge in [-0.15, -0.1) is 11.3 Å². The first kappa shape index (κ1) is 18.4. The summed E-state index contributed by atoms with van der Waals surface area (Å²) in [5.74, 6) is 0.450. The molecule has 1 fully saturated rings. The van der Waals surface area contributed by atoms with Gasteiger partial charge in [0.15, 0.2) is 0 Å². The minimum atomic E-state index is -3.36. The summed E-state index contributed by atoms with van der Waals surface area (Å²) in [4.78, 5) is 3.37. The highest BCUT2D eigenvalue weighted by Gasteiger charge is 2.30. The monoisotopic (exact) mass is 378 g/mol. The third-order valence-electron chi connectivity index (χ3n) is 4.76. The summed E-state index contributed by atoms with van der Waals surface area (Å²) in [7, 11) is -3.36. The molecule has 4 nitrogen and oxygen atoms in total. The summed E-state index contributed by atoms with van der Waals surface area (Å²) in [5, 5.41) is 0. The first-order valence-corrected chi connectivity index (χ1v) is 11.0. The van der Waals surface area contributed by atoms with Gasteiger partial charge in [-0.05, 0) is 43.0 Å². The summed E-state index contributed by atoms with van der Waals surface area (Å²) < 4.78 is 27.7. The lowest BCUT2D eigenvalue weighted by molar-refractivity contribution is 0.385. The van der Waals surface area contributed by atoms with Crippen molar-refractivity contribution < 1.29 is 8.42 Å². The van der Waals surface area contributed by atoms with Gasteiger partial charge in [0.2, 0.25) is 0 Å². The zero-order chi connectivity index (χ0) is 18.2. The van der Waals surface area contributed by atoms with Crippen LogP contribution in [0.5, 0.6) is 0 Å². The van der Waals surface area contributed by atoms with Gasteiger partial charge >= 0.3 is 0 Å². The van der Waals surface area contributed by atoms with Gasteiger partial charge in [0.1, 0.15) is 4.21 Å². The van der Waals surface area contributed by atoms with E-state index in [-0.39, 0.29) is 0 Å². The van der Waals surface area contributed by atoms with E-state index in [1.54, 1.807) is 10.4 Å². The molecule has 2 heterocycles. The Balaban J connectivity index is 1.79. The van der Waals surface area contributed by atoms with Crippen molar-refractivity contribution in [3.63, 3.8) is 0 Å². The number of aryl methyl sites for hydroxylation is 2. The summed E-state index contributed by atoms with van der Waals surface area (Å²) in [6.07, 6.45) is 0. The number of benzene rings is 1. The zero-order valence-electron chi connectivity index (χ0n) is 15.3. The van der Waals surface area contributed by atoms with Crippen LogP contribution in [0, 0.1) is 13.8 Å². The summed E-state index contributed by atoms with van der Waals surface area (Å²) in [6, 6.07) is 10.0. The Morgan fingerprint density at radius 3 is 2.24 bits per heavy atom. The molecule has 2 aromatic rings. The molecule has 3 rings (SSSR count).